The van der Waals surface area contributed by atoms with E-state index in [9.17, 15) is 0 Å². The van der Waals surface area contributed by atoms with Crippen LogP contribution in [0.4, 0.5) is 0 Å². The smallest absolute Gasteiger partial charge is 0.161 e. The van der Waals surface area contributed by atoms with Gasteiger partial charge in [0.05, 0.1) is 23.3 Å². The van der Waals surface area contributed by atoms with Crippen molar-refractivity contribution in [3.63, 3.8) is 0 Å². The van der Waals surface area contributed by atoms with Crippen molar-refractivity contribution in [3.8, 4) is 22.8 Å². The summed E-state index contributed by atoms with van der Waals surface area (Å²) in [4.78, 5) is 16.7. The zero-order chi connectivity index (χ0) is 18.2. The number of thioether (sulfide) groups is 1. The van der Waals surface area contributed by atoms with Gasteiger partial charge in [-0.1, -0.05) is 30.3 Å². The average molecular weight is 378 g/mol. The maximum absolute atomic E-state index is 5.05. The Kier molecular flexibility index (Phi) is 4.45. The monoisotopic (exact) mass is 377 g/mol. The molecule has 2 aromatic heterocycles. The number of hydrogen-bond acceptors (Lipinski definition) is 5. The topological polar surface area (TPSA) is 46.8 Å². The number of aryl methyl sites for hydroxylation is 1. The summed E-state index contributed by atoms with van der Waals surface area (Å²) >= 11 is 2.08. The average Bonchev–Trinajstić information content (AvgIpc) is 3.37. The van der Waals surface area contributed by atoms with Crippen molar-refractivity contribution in [2.24, 2.45) is 0 Å². The largest absolute Gasteiger partial charge is 0.324 e. The van der Waals surface area contributed by atoms with Crippen LogP contribution in [0.2, 0.25) is 0 Å². The molecule has 6 heteroatoms. The van der Waals surface area contributed by atoms with Crippen LogP contribution in [-0.2, 0) is 13.1 Å². The van der Waals surface area contributed by atoms with Gasteiger partial charge in [0.2, 0.25) is 0 Å². The van der Waals surface area contributed by atoms with Gasteiger partial charge >= 0.3 is 0 Å². The predicted octanol–water partition coefficient (Wildman–Crippen LogP) is 3.64. The van der Waals surface area contributed by atoms with Crippen LogP contribution >= 0.6 is 11.8 Å². The van der Waals surface area contributed by atoms with Gasteiger partial charge in [0, 0.05) is 43.2 Å². The lowest BCUT2D eigenvalue weighted by Gasteiger charge is -2.33. The molecular weight excluding hydrogens is 354 g/mol. The fourth-order valence-corrected chi connectivity index (χ4v) is 5.29. The van der Waals surface area contributed by atoms with Crippen molar-refractivity contribution in [1.82, 2.24) is 24.4 Å². The number of nitrogens with zero attached hydrogens (tertiary/aromatic N) is 5. The first-order valence-corrected chi connectivity index (χ1v) is 10.7. The van der Waals surface area contributed by atoms with Gasteiger partial charge in [-0.25, -0.2) is 9.97 Å². The molecule has 1 fully saturated rings. The van der Waals surface area contributed by atoms with Gasteiger partial charge in [-0.15, -0.1) is 0 Å². The molecule has 0 amide bonds. The van der Waals surface area contributed by atoms with E-state index in [4.69, 9.17) is 4.98 Å². The van der Waals surface area contributed by atoms with Crippen molar-refractivity contribution in [2.75, 3.05) is 18.1 Å². The van der Waals surface area contributed by atoms with Gasteiger partial charge in [0.15, 0.2) is 5.82 Å². The highest BCUT2D eigenvalue weighted by molar-refractivity contribution is 7.99. The molecule has 27 heavy (non-hydrogen) atoms. The third kappa shape index (κ3) is 3.17. The van der Waals surface area contributed by atoms with E-state index in [1.54, 1.807) is 0 Å². The standard InChI is InChI=1S/C21H23N5S/c1-15-11-23-18(12-22-15)21-24-20(16-5-3-2-4-6-16)19-13-25(8-9-26(19)21)17-7-10-27-14-17/h2-6,11-12,17H,7-10,13-14H2,1H3. The van der Waals surface area contributed by atoms with E-state index in [1.165, 1.54) is 29.2 Å². The molecule has 1 atom stereocenters. The fourth-order valence-electron chi connectivity index (χ4n) is 4.04. The second-order valence-corrected chi connectivity index (χ2v) is 8.43. The van der Waals surface area contributed by atoms with Crippen molar-refractivity contribution < 1.29 is 0 Å². The summed E-state index contributed by atoms with van der Waals surface area (Å²) in [5.74, 6) is 3.48. The third-order valence-electron chi connectivity index (χ3n) is 5.52. The van der Waals surface area contributed by atoms with Crippen molar-refractivity contribution in [3.05, 3.63) is 54.1 Å². The maximum Gasteiger partial charge on any atom is 0.161 e. The maximum atomic E-state index is 5.05. The highest BCUT2D eigenvalue weighted by atomic mass is 32.2. The summed E-state index contributed by atoms with van der Waals surface area (Å²) in [5, 5.41) is 0. The quantitative estimate of drug-likeness (QED) is 0.697. The first kappa shape index (κ1) is 17.0. The molecule has 0 aliphatic carbocycles. The minimum absolute atomic E-state index is 0.699. The van der Waals surface area contributed by atoms with Gasteiger partial charge < -0.3 is 4.57 Å². The minimum atomic E-state index is 0.699. The van der Waals surface area contributed by atoms with Gasteiger partial charge in [-0.05, 0) is 19.1 Å². The van der Waals surface area contributed by atoms with Crippen molar-refractivity contribution in [1.29, 1.82) is 0 Å². The second-order valence-electron chi connectivity index (χ2n) is 7.28. The van der Waals surface area contributed by atoms with Crippen LogP contribution in [0.3, 0.4) is 0 Å². The lowest BCUT2D eigenvalue weighted by molar-refractivity contribution is 0.170. The van der Waals surface area contributed by atoms with Gasteiger partial charge in [0.25, 0.3) is 0 Å². The van der Waals surface area contributed by atoms with Crippen LogP contribution in [0.5, 0.6) is 0 Å². The zero-order valence-corrected chi connectivity index (χ0v) is 16.3. The Hall–Kier alpha value is -2.18. The Labute approximate surface area is 163 Å². The molecule has 0 spiro atoms. The van der Waals surface area contributed by atoms with E-state index < -0.39 is 0 Å². The first-order chi connectivity index (χ1) is 13.3. The molecule has 4 heterocycles. The van der Waals surface area contributed by atoms with E-state index in [0.29, 0.717) is 6.04 Å². The molecule has 2 aliphatic heterocycles. The van der Waals surface area contributed by atoms with Gasteiger partial charge in [-0.2, -0.15) is 11.8 Å². The summed E-state index contributed by atoms with van der Waals surface area (Å²) < 4.78 is 2.36. The molecule has 0 saturated carbocycles. The van der Waals surface area contributed by atoms with Crippen LogP contribution in [0.15, 0.2) is 42.7 Å². The molecule has 138 valence electrons. The van der Waals surface area contributed by atoms with Crippen molar-refractivity contribution in [2.45, 2.75) is 32.5 Å². The van der Waals surface area contributed by atoms with E-state index in [-0.39, 0.29) is 0 Å². The first-order valence-electron chi connectivity index (χ1n) is 9.55. The van der Waals surface area contributed by atoms with E-state index in [2.05, 4.69) is 61.5 Å². The van der Waals surface area contributed by atoms with E-state index in [0.717, 1.165) is 42.5 Å². The summed E-state index contributed by atoms with van der Waals surface area (Å²) in [6.07, 6.45) is 4.97. The Morgan fingerprint density at radius 3 is 2.70 bits per heavy atom. The lowest BCUT2D eigenvalue weighted by atomic mass is 10.1. The Balaban J connectivity index is 1.59. The van der Waals surface area contributed by atoms with Crippen LogP contribution in [-0.4, -0.2) is 48.5 Å². The Morgan fingerprint density at radius 1 is 1.07 bits per heavy atom. The molecular formula is C21H23N5S. The van der Waals surface area contributed by atoms with E-state index in [1.807, 2.05) is 19.3 Å². The molecule has 2 aliphatic rings. The number of fused-ring (bicyclic) bond motifs is 1. The molecule has 1 saturated heterocycles. The normalized spacial score (nSPS) is 20.0. The molecule has 0 radical (unpaired) electrons. The van der Waals surface area contributed by atoms with Crippen LogP contribution in [0.25, 0.3) is 22.8 Å². The van der Waals surface area contributed by atoms with Crippen LogP contribution in [0, 0.1) is 6.92 Å². The number of aromatic nitrogens is 4. The molecule has 1 aromatic carbocycles. The number of hydrogen-bond donors (Lipinski definition) is 0. The van der Waals surface area contributed by atoms with E-state index >= 15 is 0 Å². The molecule has 0 N–H and O–H groups in total. The summed E-state index contributed by atoms with van der Waals surface area (Å²) in [7, 11) is 0. The fraction of sp³-hybridized carbons (Fsp3) is 0.381. The molecule has 0 bridgehead atoms. The second kappa shape index (κ2) is 7.09. The van der Waals surface area contributed by atoms with Gasteiger partial charge in [0.1, 0.15) is 5.69 Å². The Bertz CT molecular complexity index is 929. The third-order valence-corrected chi connectivity index (χ3v) is 6.66. The molecule has 3 aromatic rings. The zero-order valence-electron chi connectivity index (χ0n) is 15.5. The highest BCUT2D eigenvalue weighted by Crippen LogP contribution is 2.33. The summed E-state index contributed by atoms with van der Waals surface area (Å²) in [5.41, 5.74) is 5.35. The van der Waals surface area contributed by atoms with Gasteiger partial charge in [-0.3, -0.25) is 9.88 Å². The summed E-state index contributed by atoms with van der Waals surface area (Å²) in [6, 6.07) is 11.2. The lowest BCUT2D eigenvalue weighted by Crippen LogP contribution is -2.41. The minimum Gasteiger partial charge on any atom is -0.324 e. The van der Waals surface area contributed by atoms with Crippen LogP contribution in [0.1, 0.15) is 17.8 Å². The molecule has 5 nitrogen and oxygen atoms in total. The van der Waals surface area contributed by atoms with Crippen molar-refractivity contribution >= 4 is 11.8 Å². The SMILES string of the molecule is Cc1cnc(-c2nc(-c3ccccc3)c3n2CCN(C2CCSC2)C3)cn1. The molecule has 1 unspecified atom stereocenters. The number of benzene rings is 1. The predicted molar refractivity (Wildman–Crippen MR) is 110 cm³/mol. The number of imidazole rings is 1. The number of rotatable bonds is 3. The highest BCUT2D eigenvalue weighted by Gasteiger charge is 2.30. The molecule has 5 rings (SSSR count). The van der Waals surface area contributed by atoms with Crippen LogP contribution < -0.4 is 0 Å². The Morgan fingerprint density at radius 2 is 1.96 bits per heavy atom. The summed E-state index contributed by atoms with van der Waals surface area (Å²) in [6.45, 7) is 4.96.